The highest BCUT2D eigenvalue weighted by atomic mass is 79.9. The lowest BCUT2D eigenvalue weighted by molar-refractivity contribution is -0.128. The second-order valence-electron chi connectivity index (χ2n) is 4.88. The van der Waals surface area contributed by atoms with Crippen molar-refractivity contribution in [3.05, 3.63) is 34.1 Å². The quantitative estimate of drug-likeness (QED) is 0.829. The summed E-state index contributed by atoms with van der Waals surface area (Å²) in [5, 5.41) is 0. The standard InChI is InChI=1S/C14H17BrFNO/c1-2-3-10-7-14(18)17(8-10)9-11-4-5-13(16)12(15)6-11/h4-6,10H,2-3,7-9H2,1H3. The van der Waals surface area contributed by atoms with E-state index in [2.05, 4.69) is 22.9 Å². The zero-order valence-electron chi connectivity index (χ0n) is 10.5. The van der Waals surface area contributed by atoms with Crippen molar-refractivity contribution in [3.8, 4) is 0 Å². The van der Waals surface area contributed by atoms with Gasteiger partial charge in [-0.2, -0.15) is 0 Å². The summed E-state index contributed by atoms with van der Waals surface area (Å²) in [6, 6.07) is 4.92. The minimum absolute atomic E-state index is 0.217. The molecule has 0 N–H and O–H groups in total. The van der Waals surface area contributed by atoms with Crippen molar-refractivity contribution in [3.63, 3.8) is 0 Å². The lowest BCUT2D eigenvalue weighted by atomic mass is 10.0. The number of amides is 1. The zero-order valence-corrected chi connectivity index (χ0v) is 12.0. The first kappa shape index (κ1) is 13.5. The van der Waals surface area contributed by atoms with Crippen molar-refractivity contribution in [2.24, 2.45) is 5.92 Å². The van der Waals surface area contributed by atoms with E-state index < -0.39 is 0 Å². The molecule has 4 heteroatoms. The maximum Gasteiger partial charge on any atom is 0.223 e. The minimum Gasteiger partial charge on any atom is -0.338 e. The average Bonchev–Trinajstić information content (AvgIpc) is 2.65. The fourth-order valence-corrected chi connectivity index (χ4v) is 2.89. The molecule has 1 aliphatic rings. The molecule has 0 aliphatic carbocycles. The van der Waals surface area contributed by atoms with Crippen LogP contribution in [0.1, 0.15) is 31.7 Å². The van der Waals surface area contributed by atoms with E-state index in [4.69, 9.17) is 0 Å². The van der Waals surface area contributed by atoms with Crippen LogP contribution in [-0.2, 0) is 11.3 Å². The van der Waals surface area contributed by atoms with Crippen molar-refractivity contribution in [1.82, 2.24) is 4.90 Å². The molecular formula is C14H17BrFNO. The van der Waals surface area contributed by atoms with Gasteiger partial charge < -0.3 is 4.90 Å². The van der Waals surface area contributed by atoms with E-state index in [0.29, 0.717) is 23.4 Å². The SMILES string of the molecule is CCCC1CC(=O)N(Cc2ccc(F)c(Br)c2)C1. The number of carbonyl (C=O) groups is 1. The topological polar surface area (TPSA) is 20.3 Å². The van der Waals surface area contributed by atoms with Gasteiger partial charge in [-0.15, -0.1) is 0 Å². The Bertz CT molecular complexity index is 449. The van der Waals surface area contributed by atoms with Crippen molar-refractivity contribution in [2.45, 2.75) is 32.7 Å². The van der Waals surface area contributed by atoms with Gasteiger partial charge in [0, 0.05) is 19.5 Å². The Morgan fingerprint density at radius 3 is 2.94 bits per heavy atom. The molecule has 0 bridgehead atoms. The second-order valence-corrected chi connectivity index (χ2v) is 5.74. The molecule has 0 saturated carbocycles. The summed E-state index contributed by atoms with van der Waals surface area (Å²) in [6.45, 7) is 3.56. The van der Waals surface area contributed by atoms with E-state index in [1.54, 1.807) is 12.1 Å². The molecule has 2 rings (SSSR count). The number of halogens is 2. The van der Waals surface area contributed by atoms with Gasteiger partial charge in [0.2, 0.25) is 5.91 Å². The van der Waals surface area contributed by atoms with E-state index in [1.807, 2.05) is 4.90 Å². The summed E-state index contributed by atoms with van der Waals surface area (Å²) >= 11 is 3.17. The van der Waals surface area contributed by atoms with E-state index >= 15 is 0 Å². The summed E-state index contributed by atoms with van der Waals surface area (Å²) in [5.41, 5.74) is 0.966. The van der Waals surface area contributed by atoms with Crippen LogP contribution in [-0.4, -0.2) is 17.4 Å². The number of hydrogen-bond donors (Lipinski definition) is 0. The Hall–Kier alpha value is -0.900. The van der Waals surface area contributed by atoms with Gasteiger partial charge >= 0.3 is 0 Å². The average molecular weight is 314 g/mol. The Morgan fingerprint density at radius 2 is 2.28 bits per heavy atom. The maximum absolute atomic E-state index is 13.1. The summed E-state index contributed by atoms with van der Waals surface area (Å²) in [4.78, 5) is 13.7. The van der Waals surface area contributed by atoms with E-state index in [0.717, 1.165) is 24.9 Å². The number of hydrogen-bond acceptors (Lipinski definition) is 1. The van der Waals surface area contributed by atoms with Crippen LogP contribution in [0.15, 0.2) is 22.7 Å². The molecule has 0 radical (unpaired) electrons. The molecule has 2 nitrogen and oxygen atoms in total. The van der Waals surface area contributed by atoms with Gasteiger partial charge in [-0.25, -0.2) is 4.39 Å². The van der Waals surface area contributed by atoms with Gasteiger partial charge in [0.05, 0.1) is 4.47 Å². The molecule has 0 aromatic heterocycles. The molecular weight excluding hydrogens is 297 g/mol. The van der Waals surface area contributed by atoms with Gasteiger partial charge in [0.25, 0.3) is 0 Å². The molecule has 1 aromatic rings. The molecule has 18 heavy (non-hydrogen) atoms. The van der Waals surface area contributed by atoms with Crippen molar-refractivity contribution in [2.75, 3.05) is 6.54 Å². The fourth-order valence-electron chi connectivity index (χ4n) is 2.47. The van der Waals surface area contributed by atoms with Crippen LogP contribution >= 0.6 is 15.9 Å². The molecule has 1 atom stereocenters. The zero-order chi connectivity index (χ0) is 13.1. The molecule has 1 aromatic carbocycles. The molecule has 1 unspecified atom stereocenters. The fraction of sp³-hybridized carbons (Fsp3) is 0.500. The van der Waals surface area contributed by atoms with Crippen LogP contribution < -0.4 is 0 Å². The third kappa shape index (κ3) is 3.10. The maximum atomic E-state index is 13.1. The monoisotopic (exact) mass is 313 g/mol. The first-order chi connectivity index (χ1) is 8.60. The van der Waals surface area contributed by atoms with Gasteiger partial charge in [0.15, 0.2) is 0 Å². The van der Waals surface area contributed by atoms with Crippen molar-refractivity contribution >= 4 is 21.8 Å². The largest absolute Gasteiger partial charge is 0.338 e. The number of benzene rings is 1. The predicted molar refractivity (Wildman–Crippen MR) is 72.5 cm³/mol. The molecule has 1 amide bonds. The van der Waals surface area contributed by atoms with Gasteiger partial charge in [-0.3, -0.25) is 4.79 Å². The highest BCUT2D eigenvalue weighted by Gasteiger charge is 2.28. The summed E-state index contributed by atoms with van der Waals surface area (Å²) < 4.78 is 13.6. The Kier molecular flexibility index (Phi) is 4.38. The summed E-state index contributed by atoms with van der Waals surface area (Å²) in [5.74, 6) is 0.440. The first-order valence-electron chi connectivity index (χ1n) is 6.32. The van der Waals surface area contributed by atoms with Gasteiger partial charge in [-0.1, -0.05) is 19.4 Å². The molecule has 0 spiro atoms. The smallest absolute Gasteiger partial charge is 0.223 e. The first-order valence-corrected chi connectivity index (χ1v) is 7.11. The predicted octanol–water partition coefficient (Wildman–Crippen LogP) is 3.74. The van der Waals surface area contributed by atoms with Gasteiger partial charge in [-0.05, 0) is 46.0 Å². The Balaban J connectivity index is 2.01. The molecule has 1 saturated heterocycles. The molecule has 1 aliphatic heterocycles. The lowest BCUT2D eigenvalue weighted by Gasteiger charge is -2.17. The normalized spacial score (nSPS) is 19.6. The van der Waals surface area contributed by atoms with Crippen LogP contribution in [0.2, 0.25) is 0 Å². The van der Waals surface area contributed by atoms with E-state index in [-0.39, 0.29) is 11.7 Å². The second kappa shape index (κ2) is 5.83. The number of likely N-dealkylation sites (tertiary alicyclic amines) is 1. The highest BCUT2D eigenvalue weighted by molar-refractivity contribution is 9.10. The van der Waals surface area contributed by atoms with Crippen molar-refractivity contribution in [1.29, 1.82) is 0 Å². The Labute approximate surface area is 115 Å². The van der Waals surface area contributed by atoms with E-state index in [9.17, 15) is 9.18 Å². The summed E-state index contributed by atoms with van der Waals surface area (Å²) in [7, 11) is 0. The van der Waals surface area contributed by atoms with Gasteiger partial charge in [0.1, 0.15) is 5.82 Å². The third-order valence-corrected chi connectivity index (χ3v) is 3.96. The molecule has 98 valence electrons. The van der Waals surface area contributed by atoms with Crippen molar-refractivity contribution < 1.29 is 9.18 Å². The minimum atomic E-state index is -0.268. The molecule has 1 fully saturated rings. The lowest BCUT2D eigenvalue weighted by Crippen LogP contribution is -2.24. The van der Waals surface area contributed by atoms with Crippen LogP contribution in [0.4, 0.5) is 4.39 Å². The summed E-state index contributed by atoms with van der Waals surface area (Å²) in [6.07, 6.45) is 2.89. The number of nitrogens with zero attached hydrogens (tertiary/aromatic N) is 1. The number of rotatable bonds is 4. The van der Waals surface area contributed by atoms with Crippen LogP contribution in [0.25, 0.3) is 0 Å². The Morgan fingerprint density at radius 1 is 1.50 bits per heavy atom. The van der Waals surface area contributed by atoms with Crippen LogP contribution in [0.3, 0.4) is 0 Å². The number of carbonyl (C=O) groups excluding carboxylic acids is 1. The van der Waals surface area contributed by atoms with Crippen LogP contribution in [0.5, 0.6) is 0 Å². The molecule has 1 heterocycles. The van der Waals surface area contributed by atoms with E-state index in [1.165, 1.54) is 6.07 Å². The third-order valence-electron chi connectivity index (χ3n) is 3.35. The van der Waals surface area contributed by atoms with Crippen LogP contribution in [0, 0.1) is 11.7 Å². The highest BCUT2D eigenvalue weighted by Crippen LogP contribution is 2.25.